The molecule has 0 saturated carbocycles. The van der Waals surface area contributed by atoms with Gasteiger partial charge in [0.25, 0.3) is 5.56 Å². The van der Waals surface area contributed by atoms with Crippen molar-refractivity contribution in [2.45, 2.75) is 30.3 Å². The van der Waals surface area contributed by atoms with E-state index in [1.807, 2.05) is 0 Å². The van der Waals surface area contributed by atoms with Gasteiger partial charge in [0.05, 0.1) is 10.4 Å². The highest BCUT2D eigenvalue weighted by atomic mass is 32.2. The molecule has 0 bridgehead atoms. The van der Waals surface area contributed by atoms with Crippen molar-refractivity contribution in [2.24, 2.45) is 14.1 Å². The average Bonchev–Trinajstić information content (AvgIpc) is 3.34. The fraction of sp³-hybridized carbons (Fsp3) is 0.308. The predicted molar refractivity (Wildman–Crippen MR) is 139 cm³/mol. The number of hydrogen-bond acceptors (Lipinski definition) is 5. The van der Waals surface area contributed by atoms with E-state index in [-0.39, 0.29) is 16.8 Å². The number of rotatable bonds is 6. The van der Waals surface area contributed by atoms with Crippen molar-refractivity contribution >= 4 is 21.1 Å². The Kier molecular flexibility index (Phi) is 6.61. The van der Waals surface area contributed by atoms with Gasteiger partial charge in [0.1, 0.15) is 11.3 Å². The lowest BCUT2D eigenvalue weighted by Gasteiger charge is -2.32. The summed E-state index contributed by atoms with van der Waals surface area (Å²) in [5.41, 5.74) is 2.28. The molecule has 0 radical (unpaired) electrons. The fourth-order valence-corrected chi connectivity index (χ4v) is 6.07. The van der Waals surface area contributed by atoms with E-state index in [1.54, 1.807) is 37.4 Å². The third kappa shape index (κ3) is 5.02. The molecular weight excluding hydrogens is 497 g/mol. The molecule has 0 spiro atoms. The lowest BCUT2D eigenvalue weighted by Crippen LogP contribution is -2.44. The Hall–Kier alpha value is -3.54. The summed E-state index contributed by atoms with van der Waals surface area (Å²) in [6, 6.07) is 14.4. The van der Waals surface area contributed by atoms with Gasteiger partial charge < -0.3 is 4.98 Å². The summed E-state index contributed by atoms with van der Waals surface area (Å²) in [4.78, 5) is 30.1. The Bertz CT molecular complexity index is 1660. The molecule has 0 aliphatic carbocycles. The largest absolute Gasteiger partial charge is 0.349 e. The molecule has 5 rings (SSSR count). The number of halogens is 1. The zero-order valence-corrected chi connectivity index (χ0v) is 21.4. The van der Waals surface area contributed by atoms with Crippen LogP contribution in [0, 0.1) is 5.82 Å². The Morgan fingerprint density at radius 1 is 0.973 bits per heavy atom. The second-order valence-corrected chi connectivity index (χ2v) is 11.2. The number of likely N-dealkylation sites (tertiary alicyclic amines) is 1. The minimum atomic E-state index is -3.71. The van der Waals surface area contributed by atoms with Crippen LogP contribution in [0.4, 0.5) is 4.39 Å². The van der Waals surface area contributed by atoms with Gasteiger partial charge in [-0.15, -0.1) is 0 Å². The highest BCUT2D eigenvalue weighted by Gasteiger charge is 2.25. The van der Waals surface area contributed by atoms with Crippen LogP contribution in [0.3, 0.4) is 0 Å². The number of nitrogens with one attached hydrogen (secondary N) is 2. The molecular formula is C26H28FN5O4S. The minimum Gasteiger partial charge on any atom is -0.349 e. The van der Waals surface area contributed by atoms with E-state index in [0.29, 0.717) is 41.7 Å². The normalized spacial score (nSPS) is 15.4. The summed E-state index contributed by atoms with van der Waals surface area (Å²) in [6.45, 7) is 2.19. The maximum absolute atomic E-state index is 13.1. The summed E-state index contributed by atoms with van der Waals surface area (Å²) in [5, 5.41) is 0. The Morgan fingerprint density at radius 2 is 1.62 bits per heavy atom. The second-order valence-electron chi connectivity index (χ2n) is 9.47. The molecule has 0 atom stereocenters. The molecule has 37 heavy (non-hydrogen) atoms. The molecule has 3 heterocycles. The van der Waals surface area contributed by atoms with Crippen LogP contribution in [0.5, 0.6) is 0 Å². The average molecular weight is 526 g/mol. The SMILES string of the molecule is Cn1c(=O)c2[nH]c(-c3ccc(S(=O)(=O)NC4CCN(Cc5ccc(F)cc5)CC4)cc3)cc2n(C)c1=O. The van der Waals surface area contributed by atoms with Gasteiger partial charge in [-0.05, 0) is 54.3 Å². The molecule has 2 aromatic heterocycles. The molecule has 1 fully saturated rings. The van der Waals surface area contributed by atoms with Crippen molar-refractivity contribution in [1.29, 1.82) is 0 Å². The number of benzene rings is 2. The summed E-state index contributed by atoms with van der Waals surface area (Å²) in [5.74, 6) is -0.260. The van der Waals surface area contributed by atoms with Gasteiger partial charge in [-0.2, -0.15) is 0 Å². The molecule has 0 amide bonds. The molecule has 1 aliphatic rings. The van der Waals surface area contributed by atoms with Gasteiger partial charge in [-0.1, -0.05) is 24.3 Å². The highest BCUT2D eigenvalue weighted by molar-refractivity contribution is 7.89. The van der Waals surface area contributed by atoms with Crippen LogP contribution >= 0.6 is 0 Å². The lowest BCUT2D eigenvalue weighted by atomic mass is 10.1. The van der Waals surface area contributed by atoms with Crippen LogP contribution in [-0.2, 0) is 30.7 Å². The van der Waals surface area contributed by atoms with E-state index in [1.165, 1.54) is 35.9 Å². The van der Waals surface area contributed by atoms with Crippen molar-refractivity contribution in [3.63, 3.8) is 0 Å². The van der Waals surface area contributed by atoms with Crippen molar-refractivity contribution in [3.8, 4) is 11.3 Å². The first-order valence-electron chi connectivity index (χ1n) is 12.0. The van der Waals surface area contributed by atoms with Crippen LogP contribution in [0.25, 0.3) is 22.3 Å². The van der Waals surface area contributed by atoms with E-state index in [2.05, 4.69) is 14.6 Å². The molecule has 11 heteroatoms. The van der Waals surface area contributed by atoms with Gasteiger partial charge in [0.2, 0.25) is 10.0 Å². The van der Waals surface area contributed by atoms with Crippen molar-refractivity contribution < 1.29 is 12.8 Å². The van der Waals surface area contributed by atoms with Gasteiger partial charge in [0.15, 0.2) is 0 Å². The van der Waals surface area contributed by atoms with E-state index in [4.69, 9.17) is 0 Å². The highest BCUT2D eigenvalue weighted by Crippen LogP contribution is 2.24. The standard InChI is InChI=1S/C26H28FN5O4S/c1-30-23-15-22(28-24(23)25(33)31(2)26(30)34)18-5-9-21(10-6-18)37(35,36)29-20-11-13-32(14-12-20)16-17-3-7-19(27)8-4-17/h3-10,15,20,28-29H,11-14,16H2,1-2H3. The van der Waals surface area contributed by atoms with Gasteiger partial charge in [-0.25, -0.2) is 22.3 Å². The molecule has 4 aromatic rings. The van der Waals surface area contributed by atoms with E-state index >= 15 is 0 Å². The van der Waals surface area contributed by atoms with Crippen LogP contribution in [0.15, 0.2) is 69.1 Å². The molecule has 0 unspecified atom stereocenters. The zero-order valence-electron chi connectivity index (χ0n) is 20.6. The third-order valence-corrected chi connectivity index (χ3v) is 8.49. The number of hydrogen-bond donors (Lipinski definition) is 2. The summed E-state index contributed by atoms with van der Waals surface area (Å²) < 4.78 is 44.4. The number of sulfonamides is 1. The first-order valence-corrected chi connectivity index (χ1v) is 13.5. The summed E-state index contributed by atoms with van der Waals surface area (Å²) in [6.07, 6.45) is 1.36. The second kappa shape index (κ2) is 9.73. The van der Waals surface area contributed by atoms with Crippen LogP contribution in [0.2, 0.25) is 0 Å². The first-order chi connectivity index (χ1) is 17.6. The Morgan fingerprint density at radius 3 is 2.27 bits per heavy atom. The minimum absolute atomic E-state index is 0.157. The van der Waals surface area contributed by atoms with Gasteiger partial charge in [-0.3, -0.25) is 18.8 Å². The Labute approximate surface area is 213 Å². The lowest BCUT2D eigenvalue weighted by molar-refractivity contribution is 0.200. The maximum Gasteiger partial charge on any atom is 0.331 e. The predicted octanol–water partition coefficient (Wildman–Crippen LogP) is 2.31. The van der Waals surface area contributed by atoms with Crippen molar-refractivity contribution in [1.82, 2.24) is 23.7 Å². The van der Waals surface area contributed by atoms with E-state index in [9.17, 15) is 22.4 Å². The van der Waals surface area contributed by atoms with Crippen LogP contribution < -0.4 is 16.0 Å². The van der Waals surface area contributed by atoms with Gasteiger partial charge >= 0.3 is 5.69 Å². The first kappa shape index (κ1) is 25.1. The zero-order chi connectivity index (χ0) is 26.3. The number of fused-ring (bicyclic) bond motifs is 1. The topological polar surface area (TPSA) is 109 Å². The van der Waals surface area contributed by atoms with Crippen molar-refractivity contribution in [2.75, 3.05) is 13.1 Å². The number of aryl methyl sites for hydroxylation is 1. The number of piperidine rings is 1. The number of nitrogens with zero attached hydrogens (tertiary/aromatic N) is 3. The van der Waals surface area contributed by atoms with E-state index in [0.717, 1.165) is 23.2 Å². The monoisotopic (exact) mass is 525 g/mol. The fourth-order valence-electron chi connectivity index (χ4n) is 4.77. The van der Waals surface area contributed by atoms with Crippen LogP contribution in [-0.4, -0.2) is 46.6 Å². The number of H-pyrrole nitrogens is 1. The molecule has 2 aromatic carbocycles. The molecule has 9 nitrogen and oxygen atoms in total. The Balaban J connectivity index is 1.26. The maximum atomic E-state index is 13.1. The summed E-state index contributed by atoms with van der Waals surface area (Å²) in [7, 11) is -0.692. The van der Waals surface area contributed by atoms with Gasteiger partial charge in [0, 0.05) is 45.5 Å². The smallest absolute Gasteiger partial charge is 0.331 e. The quantitative estimate of drug-likeness (QED) is 0.402. The van der Waals surface area contributed by atoms with Crippen molar-refractivity contribution in [3.05, 3.63) is 86.8 Å². The molecule has 1 saturated heterocycles. The number of aromatic nitrogens is 3. The number of aromatic amines is 1. The molecule has 2 N–H and O–H groups in total. The summed E-state index contributed by atoms with van der Waals surface area (Å²) >= 11 is 0. The van der Waals surface area contributed by atoms with E-state index < -0.39 is 21.3 Å². The molecule has 1 aliphatic heterocycles. The third-order valence-electron chi connectivity index (χ3n) is 6.96. The van der Waals surface area contributed by atoms with Crippen LogP contribution in [0.1, 0.15) is 18.4 Å². The molecule has 194 valence electrons.